The van der Waals surface area contributed by atoms with Crippen LogP contribution in [0, 0.1) is 24.0 Å². The van der Waals surface area contributed by atoms with E-state index in [1.54, 1.807) is 16.8 Å². The van der Waals surface area contributed by atoms with Crippen LogP contribution in [0.3, 0.4) is 0 Å². The van der Waals surface area contributed by atoms with E-state index in [1.165, 1.54) is 12.1 Å². The lowest BCUT2D eigenvalue weighted by Gasteiger charge is -2.12. The molecule has 26 heavy (non-hydrogen) atoms. The van der Waals surface area contributed by atoms with Crippen LogP contribution in [0.1, 0.15) is 17.0 Å². The number of anilines is 1. The van der Waals surface area contributed by atoms with Crippen LogP contribution in [-0.4, -0.2) is 20.6 Å². The van der Waals surface area contributed by atoms with E-state index in [4.69, 9.17) is 0 Å². The van der Waals surface area contributed by atoms with E-state index in [2.05, 4.69) is 10.4 Å². The standard InChI is InChI=1S/C19H18N4O3/c1-13-11-14(2)22(21-13)18-6-4-3-5-17(18)20-19(24)12-15-7-9-16(10-8-15)23(25)26/h3-11H,12H2,1-2H3,(H,20,24). The SMILES string of the molecule is Cc1cc(C)n(-c2ccccc2NC(=O)Cc2ccc([N+](=O)[O-])cc2)n1. The predicted octanol–water partition coefficient (Wildman–Crippen LogP) is 3.58. The van der Waals surface area contributed by atoms with Crippen LogP contribution < -0.4 is 5.32 Å². The van der Waals surface area contributed by atoms with E-state index in [9.17, 15) is 14.9 Å². The van der Waals surface area contributed by atoms with Gasteiger partial charge in [0.25, 0.3) is 5.69 Å². The van der Waals surface area contributed by atoms with Gasteiger partial charge >= 0.3 is 0 Å². The highest BCUT2D eigenvalue weighted by Crippen LogP contribution is 2.22. The number of amides is 1. The molecule has 0 bridgehead atoms. The van der Waals surface area contributed by atoms with Gasteiger partial charge in [0.15, 0.2) is 0 Å². The van der Waals surface area contributed by atoms with Gasteiger partial charge in [-0.25, -0.2) is 4.68 Å². The number of carbonyl (C=O) groups excluding carboxylic acids is 1. The van der Waals surface area contributed by atoms with Crippen molar-refractivity contribution in [3.8, 4) is 5.69 Å². The molecule has 7 nitrogen and oxygen atoms in total. The van der Waals surface area contributed by atoms with Crippen molar-refractivity contribution in [3.63, 3.8) is 0 Å². The largest absolute Gasteiger partial charge is 0.324 e. The second kappa shape index (κ2) is 7.18. The van der Waals surface area contributed by atoms with E-state index in [0.717, 1.165) is 17.1 Å². The first kappa shape index (κ1) is 17.3. The van der Waals surface area contributed by atoms with Gasteiger partial charge in [-0.1, -0.05) is 24.3 Å². The summed E-state index contributed by atoms with van der Waals surface area (Å²) in [4.78, 5) is 22.6. The molecule has 3 rings (SSSR count). The molecule has 132 valence electrons. The first-order chi connectivity index (χ1) is 12.4. The van der Waals surface area contributed by atoms with Crippen molar-refractivity contribution in [1.29, 1.82) is 0 Å². The average molecular weight is 350 g/mol. The van der Waals surface area contributed by atoms with Crippen LogP contribution in [0.2, 0.25) is 0 Å². The van der Waals surface area contributed by atoms with Gasteiger partial charge in [0.05, 0.1) is 28.4 Å². The number of hydrogen-bond donors (Lipinski definition) is 1. The summed E-state index contributed by atoms with van der Waals surface area (Å²) in [6, 6.07) is 15.4. The molecule has 0 saturated heterocycles. The summed E-state index contributed by atoms with van der Waals surface area (Å²) in [6.07, 6.45) is 0.128. The molecule has 0 aliphatic heterocycles. The normalized spacial score (nSPS) is 10.5. The fourth-order valence-corrected chi connectivity index (χ4v) is 2.75. The lowest BCUT2D eigenvalue weighted by Crippen LogP contribution is -2.16. The van der Waals surface area contributed by atoms with Crippen molar-refractivity contribution >= 4 is 17.3 Å². The molecule has 0 radical (unpaired) electrons. The molecule has 1 heterocycles. The maximum absolute atomic E-state index is 12.4. The van der Waals surface area contributed by atoms with Crippen LogP contribution in [0.5, 0.6) is 0 Å². The first-order valence-electron chi connectivity index (χ1n) is 8.10. The average Bonchev–Trinajstić information content (AvgIpc) is 2.94. The first-order valence-corrected chi connectivity index (χ1v) is 8.10. The Morgan fingerprint density at radius 1 is 1.15 bits per heavy atom. The van der Waals surface area contributed by atoms with Crippen molar-refractivity contribution in [2.75, 3.05) is 5.32 Å². The molecule has 0 aliphatic carbocycles. The van der Waals surface area contributed by atoms with Crippen LogP contribution in [0.4, 0.5) is 11.4 Å². The predicted molar refractivity (Wildman–Crippen MR) is 98.5 cm³/mol. The van der Waals surface area contributed by atoms with Crippen molar-refractivity contribution < 1.29 is 9.72 Å². The van der Waals surface area contributed by atoms with Gasteiger partial charge < -0.3 is 5.32 Å². The lowest BCUT2D eigenvalue weighted by molar-refractivity contribution is -0.384. The Morgan fingerprint density at radius 3 is 2.46 bits per heavy atom. The van der Waals surface area contributed by atoms with Gasteiger partial charge in [-0.2, -0.15) is 5.10 Å². The number of hydrogen-bond acceptors (Lipinski definition) is 4. The quantitative estimate of drug-likeness (QED) is 0.562. The summed E-state index contributed by atoms with van der Waals surface area (Å²) < 4.78 is 1.79. The Balaban J connectivity index is 1.78. The third-order valence-corrected chi connectivity index (χ3v) is 3.93. The Morgan fingerprint density at radius 2 is 1.85 bits per heavy atom. The molecule has 2 aromatic carbocycles. The molecule has 1 N–H and O–H groups in total. The zero-order chi connectivity index (χ0) is 18.7. The zero-order valence-corrected chi connectivity index (χ0v) is 14.5. The van der Waals surface area contributed by atoms with Crippen molar-refractivity contribution in [2.45, 2.75) is 20.3 Å². The molecule has 0 atom stereocenters. The number of nitrogens with one attached hydrogen (secondary N) is 1. The Bertz CT molecular complexity index is 961. The third-order valence-electron chi connectivity index (χ3n) is 3.93. The van der Waals surface area contributed by atoms with Crippen molar-refractivity contribution in [2.24, 2.45) is 0 Å². The minimum absolute atomic E-state index is 0.00373. The van der Waals surface area contributed by atoms with Crippen LogP contribution in [0.25, 0.3) is 5.69 Å². The number of benzene rings is 2. The molecular weight excluding hydrogens is 332 g/mol. The summed E-state index contributed by atoms with van der Waals surface area (Å²) in [6.45, 7) is 3.87. The molecule has 0 saturated carbocycles. The number of rotatable bonds is 5. The summed E-state index contributed by atoms with van der Waals surface area (Å²) in [5, 5.41) is 18.1. The minimum atomic E-state index is -0.464. The number of nitro benzene ring substituents is 1. The smallest absolute Gasteiger partial charge is 0.269 e. The summed E-state index contributed by atoms with van der Waals surface area (Å²) in [7, 11) is 0. The molecule has 3 aromatic rings. The highest BCUT2D eigenvalue weighted by atomic mass is 16.6. The van der Waals surface area contributed by atoms with Crippen LogP contribution in [0.15, 0.2) is 54.6 Å². The molecule has 1 aromatic heterocycles. The second-order valence-electron chi connectivity index (χ2n) is 6.00. The number of carbonyl (C=O) groups is 1. The lowest BCUT2D eigenvalue weighted by atomic mass is 10.1. The summed E-state index contributed by atoms with van der Waals surface area (Å²) in [5.74, 6) is -0.201. The van der Waals surface area contributed by atoms with Crippen molar-refractivity contribution in [1.82, 2.24) is 9.78 Å². The summed E-state index contributed by atoms with van der Waals surface area (Å²) >= 11 is 0. The molecule has 0 aliphatic rings. The molecule has 7 heteroatoms. The van der Waals surface area contributed by atoms with Crippen LogP contribution >= 0.6 is 0 Å². The van der Waals surface area contributed by atoms with E-state index in [0.29, 0.717) is 11.3 Å². The van der Waals surface area contributed by atoms with Gasteiger partial charge in [0.2, 0.25) is 5.91 Å². The second-order valence-corrected chi connectivity index (χ2v) is 6.00. The highest BCUT2D eigenvalue weighted by molar-refractivity contribution is 5.94. The topological polar surface area (TPSA) is 90.1 Å². The maximum Gasteiger partial charge on any atom is 0.269 e. The molecular formula is C19H18N4O3. The number of non-ortho nitro benzene ring substituents is 1. The molecule has 0 spiro atoms. The third kappa shape index (κ3) is 3.77. The zero-order valence-electron chi connectivity index (χ0n) is 14.5. The molecule has 0 fully saturated rings. The summed E-state index contributed by atoms with van der Waals surface area (Å²) in [5.41, 5.74) is 4.02. The molecule has 0 unspecified atom stereocenters. The maximum atomic E-state index is 12.4. The Hall–Kier alpha value is -3.48. The van der Waals surface area contributed by atoms with E-state index in [1.807, 2.05) is 44.2 Å². The van der Waals surface area contributed by atoms with Gasteiger partial charge in [0.1, 0.15) is 0 Å². The van der Waals surface area contributed by atoms with E-state index in [-0.39, 0.29) is 18.0 Å². The Kier molecular flexibility index (Phi) is 4.79. The van der Waals surface area contributed by atoms with E-state index >= 15 is 0 Å². The monoisotopic (exact) mass is 350 g/mol. The number of para-hydroxylation sites is 2. The number of nitro groups is 1. The van der Waals surface area contributed by atoms with Crippen LogP contribution in [-0.2, 0) is 11.2 Å². The fraction of sp³-hybridized carbons (Fsp3) is 0.158. The number of aromatic nitrogens is 2. The minimum Gasteiger partial charge on any atom is -0.324 e. The van der Waals surface area contributed by atoms with Gasteiger partial charge in [-0.15, -0.1) is 0 Å². The molecule has 1 amide bonds. The van der Waals surface area contributed by atoms with Gasteiger partial charge in [-0.05, 0) is 37.6 Å². The van der Waals surface area contributed by atoms with Crippen molar-refractivity contribution in [3.05, 3.63) is 81.7 Å². The highest BCUT2D eigenvalue weighted by Gasteiger charge is 2.12. The van der Waals surface area contributed by atoms with E-state index < -0.39 is 4.92 Å². The van der Waals surface area contributed by atoms with Gasteiger partial charge in [0, 0.05) is 17.8 Å². The van der Waals surface area contributed by atoms with Gasteiger partial charge in [-0.3, -0.25) is 14.9 Å². The Labute approximate surface area is 150 Å². The number of nitrogens with zero attached hydrogens (tertiary/aromatic N) is 3. The fourth-order valence-electron chi connectivity index (χ4n) is 2.75. The number of aryl methyl sites for hydroxylation is 2.